The summed E-state index contributed by atoms with van der Waals surface area (Å²) in [5.41, 5.74) is 2.54. The van der Waals surface area contributed by atoms with Crippen molar-refractivity contribution >= 4 is 29.2 Å². The van der Waals surface area contributed by atoms with E-state index in [0.717, 1.165) is 35.2 Å². The van der Waals surface area contributed by atoms with Crippen LogP contribution in [0.2, 0.25) is 0 Å². The summed E-state index contributed by atoms with van der Waals surface area (Å²) in [6.07, 6.45) is -4.40. The molecule has 34 heavy (non-hydrogen) atoms. The molecule has 0 aromatic heterocycles. The van der Waals surface area contributed by atoms with Gasteiger partial charge in [0.2, 0.25) is 0 Å². The standard InChI is InChI=1S/C26H19F3N2O2S/c27-26(28,29)20-10-13-22(14-11-20)34-31-23-16-21(12-15-24(23)32)30-25(33)19-8-6-18(7-9-19)17-4-2-1-3-5-17/h1-16,31-32H,(H,30,33). The molecule has 4 aromatic carbocycles. The molecule has 0 saturated heterocycles. The summed E-state index contributed by atoms with van der Waals surface area (Å²) in [7, 11) is 0. The molecule has 0 aliphatic rings. The molecule has 0 aliphatic carbocycles. The molecule has 172 valence electrons. The SMILES string of the molecule is O=C(Nc1ccc(O)c(NSc2ccc(C(F)(F)F)cc2)c1)c1ccc(-c2ccccc2)cc1. The number of carbonyl (C=O) groups excluding carboxylic acids is 1. The van der Waals surface area contributed by atoms with Crippen molar-refractivity contribution in [2.45, 2.75) is 11.1 Å². The van der Waals surface area contributed by atoms with Crippen molar-refractivity contribution in [2.24, 2.45) is 0 Å². The van der Waals surface area contributed by atoms with E-state index in [2.05, 4.69) is 10.0 Å². The topological polar surface area (TPSA) is 61.4 Å². The van der Waals surface area contributed by atoms with E-state index in [1.54, 1.807) is 24.3 Å². The number of aromatic hydroxyl groups is 1. The van der Waals surface area contributed by atoms with Crippen molar-refractivity contribution in [3.8, 4) is 16.9 Å². The molecule has 1 amide bonds. The van der Waals surface area contributed by atoms with Crippen molar-refractivity contribution in [3.05, 3.63) is 108 Å². The fraction of sp³-hybridized carbons (Fsp3) is 0.0385. The predicted molar refractivity (Wildman–Crippen MR) is 129 cm³/mol. The first-order valence-corrected chi connectivity index (χ1v) is 11.0. The summed E-state index contributed by atoms with van der Waals surface area (Å²) in [6.45, 7) is 0. The summed E-state index contributed by atoms with van der Waals surface area (Å²) in [6, 6.07) is 26.2. The number of amides is 1. The lowest BCUT2D eigenvalue weighted by Gasteiger charge is -2.12. The first-order chi connectivity index (χ1) is 16.3. The highest BCUT2D eigenvalue weighted by atomic mass is 32.2. The monoisotopic (exact) mass is 480 g/mol. The van der Waals surface area contributed by atoms with Crippen LogP contribution >= 0.6 is 11.9 Å². The van der Waals surface area contributed by atoms with Crippen molar-refractivity contribution < 1.29 is 23.1 Å². The quantitative estimate of drug-likeness (QED) is 0.152. The lowest BCUT2D eigenvalue weighted by Crippen LogP contribution is -2.11. The third-order valence-corrected chi connectivity index (χ3v) is 5.80. The first-order valence-electron chi connectivity index (χ1n) is 10.2. The molecule has 0 aliphatic heterocycles. The van der Waals surface area contributed by atoms with Gasteiger partial charge in [0.15, 0.2) is 0 Å². The van der Waals surface area contributed by atoms with E-state index in [4.69, 9.17) is 0 Å². The zero-order chi connectivity index (χ0) is 24.1. The van der Waals surface area contributed by atoms with Gasteiger partial charge in [0.05, 0.1) is 11.3 Å². The second kappa shape index (κ2) is 9.93. The van der Waals surface area contributed by atoms with E-state index in [1.807, 2.05) is 42.5 Å². The Balaban J connectivity index is 1.41. The normalized spacial score (nSPS) is 11.1. The number of benzene rings is 4. The highest BCUT2D eigenvalue weighted by Crippen LogP contribution is 2.33. The van der Waals surface area contributed by atoms with Crippen LogP contribution in [0.4, 0.5) is 24.5 Å². The molecule has 0 bridgehead atoms. The van der Waals surface area contributed by atoms with Gasteiger partial charge in [-0.05, 0) is 77.7 Å². The Labute approximate surface area is 198 Å². The van der Waals surface area contributed by atoms with Gasteiger partial charge in [0.1, 0.15) is 5.75 Å². The van der Waals surface area contributed by atoms with Crippen LogP contribution in [0.25, 0.3) is 11.1 Å². The average molecular weight is 481 g/mol. The average Bonchev–Trinajstić information content (AvgIpc) is 2.84. The van der Waals surface area contributed by atoms with Crippen molar-refractivity contribution in [1.82, 2.24) is 0 Å². The lowest BCUT2D eigenvalue weighted by atomic mass is 10.0. The number of hydrogen-bond donors (Lipinski definition) is 3. The number of alkyl halides is 3. The van der Waals surface area contributed by atoms with Crippen molar-refractivity contribution in [3.63, 3.8) is 0 Å². The number of phenols is 1. The fourth-order valence-electron chi connectivity index (χ4n) is 3.17. The van der Waals surface area contributed by atoms with Crippen molar-refractivity contribution in [1.29, 1.82) is 0 Å². The summed E-state index contributed by atoms with van der Waals surface area (Å²) in [5, 5.41) is 12.9. The van der Waals surface area contributed by atoms with E-state index in [1.165, 1.54) is 18.2 Å². The van der Waals surface area contributed by atoms with Crippen molar-refractivity contribution in [2.75, 3.05) is 10.0 Å². The zero-order valence-corrected chi connectivity index (χ0v) is 18.5. The van der Waals surface area contributed by atoms with E-state index < -0.39 is 11.7 Å². The Hall–Kier alpha value is -3.91. The molecule has 4 nitrogen and oxygen atoms in total. The number of nitrogens with one attached hydrogen (secondary N) is 2. The number of hydrogen-bond acceptors (Lipinski definition) is 4. The summed E-state index contributed by atoms with van der Waals surface area (Å²) >= 11 is 1.04. The van der Waals surface area contributed by atoms with Gasteiger partial charge in [-0.15, -0.1) is 0 Å². The van der Waals surface area contributed by atoms with Gasteiger partial charge in [-0.1, -0.05) is 42.5 Å². The Kier molecular flexibility index (Phi) is 6.79. The Morgan fingerprint density at radius 3 is 2.09 bits per heavy atom. The minimum atomic E-state index is -4.40. The largest absolute Gasteiger partial charge is 0.506 e. The smallest absolute Gasteiger partial charge is 0.416 e. The molecule has 0 saturated carbocycles. The summed E-state index contributed by atoms with van der Waals surface area (Å²) < 4.78 is 41.0. The van der Waals surface area contributed by atoms with Crippen LogP contribution in [0.1, 0.15) is 15.9 Å². The lowest BCUT2D eigenvalue weighted by molar-refractivity contribution is -0.137. The minimum Gasteiger partial charge on any atom is -0.506 e. The van der Waals surface area contributed by atoms with E-state index in [0.29, 0.717) is 21.8 Å². The van der Waals surface area contributed by atoms with Crippen LogP contribution in [0.15, 0.2) is 102 Å². The van der Waals surface area contributed by atoms with Gasteiger partial charge in [-0.3, -0.25) is 4.79 Å². The van der Waals surface area contributed by atoms with Gasteiger partial charge in [0, 0.05) is 16.1 Å². The van der Waals surface area contributed by atoms with Gasteiger partial charge < -0.3 is 15.1 Å². The third kappa shape index (κ3) is 5.71. The molecule has 0 radical (unpaired) electrons. The summed E-state index contributed by atoms with van der Waals surface area (Å²) in [5.74, 6) is -0.378. The van der Waals surface area contributed by atoms with Crippen LogP contribution in [-0.4, -0.2) is 11.0 Å². The first kappa shape index (κ1) is 23.3. The van der Waals surface area contributed by atoms with Crippen LogP contribution < -0.4 is 10.0 Å². The predicted octanol–water partition coefficient (Wildman–Crippen LogP) is 7.45. The number of anilines is 2. The molecule has 0 atom stereocenters. The van der Waals surface area contributed by atoms with Gasteiger partial charge in [-0.25, -0.2) is 0 Å². The third-order valence-electron chi connectivity index (χ3n) is 4.97. The second-order valence-electron chi connectivity index (χ2n) is 7.36. The zero-order valence-electron chi connectivity index (χ0n) is 17.6. The van der Waals surface area contributed by atoms with Gasteiger partial charge in [-0.2, -0.15) is 13.2 Å². The van der Waals surface area contributed by atoms with Crippen LogP contribution in [0, 0.1) is 0 Å². The number of carbonyl (C=O) groups is 1. The molecule has 3 N–H and O–H groups in total. The van der Waals surface area contributed by atoms with Crippen LogP contribution in [0.3, 0.4) is 0 Å². The Morgan fingerprint density at radius 2 is 1.44 bits per heavy atom. The Bertz CT molecular complexity index is 1280. The molecule has 4 aromatic rings. The minimum absolute atomic E-state index is 0.0652. The highest BCUT2D eigenvalue weighted by Gasteiger charge is 2.29. The number of rotatable bonds is 6. The maximum absolute atomic E-state index is 12.7. The maximum Gasteiger partial charge on any atom is 0.416 e. The molecule has 0 heterocycles. The molecule has 4 rings (SSSR count). The number of phenolic OH excluding ortho intramolecular Hbond substituents is 1. The van der Waals surface area contributed by atoms with E-state index in [9.17, 15) is 23.1 Å². The molecular weight excluding hydrogens is 461 g/mol. The van der Waals surface area contributed by atoms with Gasteiger partial charge >= 0.3 is 6.18 Å². The van der Waals surface area contributed by atoms with E-state index >= 15 is 0 Å². The van der Waals surface area contributed by atoms with Crippen LogP contribution in [0.5, 0.6) is 5.75 Å². The maximum atomic E-state index is 12.7. The molecule has 0 spiro atoms. The molecular formula is C26H19F3N2O2S. The summed E-state index contributed by atoms with van der Waals surface area (Å²) in [4.78, 5) is 13.2. The molecule has 0 fully saturated rings. The Morgan fingerprint density at radius 1 is 0.794 bits per heavy atom. The molecule has 8 heteroatoms. The fourth-order valence-corrected chi connectivity index (χ4v) is 3.83. The highest BCUT2D eigenvalue weighted by molar-refractivity contribution is 8.00. The van der Waals surface area contributed by atoms with Crippen LogP contribution in [-0.2, 0) is 6.18 Å². The van der Waals surface area contributed by atoms with E-state index in [-0.39, 0.29) is 11.7 Å². The second-order valence-corrected chi connectivity index (χ2v) is 8.24. The number of halogens is 3. The van der Waals surface area contributed by atoms with Gasteiger partial charge in [0.25, 0.3) is 5.91 Å². The molecule has 0 unspecified atom stereocenters.